The minimum Gasteiger partial charge on any atom is -0.319 e. The van der Waals surface area contributed by atoms with Gasteiger partial charge in [-0.05, 0) is 30.1 Å². The van der Waals surface area contributed by atoms with Crippen LogP contribution in [-0.4, -0.2) is 28.8 Å². The van der Waals surface area contributed by atoms with Crippen molar-refractivity contribution in [2.45, 2.75) is 13.5 Å². The molecular formula is C15H16ClN3O3S. The standard InChI is InChI=1S/C15H16ClN3O3S/c1-2-18(9-12-4-3-7-23-12)10-15(20)17-13-6-5-11(16)8-14(13)19(21)22/h3-8H,2,9-10H2,1H3,(H,17,20). The molecule has 8 heteroatoms. The molecule has 0 bridgehead atoms. The second-order valence-corrected chi connectivity index (χ2v) is 6.32. The van der Waals surface area contributed by atoms with Gasteiger partial charge in [-0.25, -0.2) is 0 Å². The van der Waals surface area contributed by atoms with Crippen molar-refractivity contribution in [3.63, 3.8) is 0 Å². The van der Waals surface area contributed by atoms with Crippen molar-refractivity contribution in [2.75, 3.05) is 18.4 Å². The van der Waals surface area contributed by atoms with E-state index in [1.807, 2.05) is 29.3 Å². The van der Waals surface area contributed by atoms with Crippen LogP contribution in [0.1, 0.15) is 11.8 Å². The molecule has 122 valence electrons. The molecular weight excluding hydrogens is 338 g/mol. The summed E-state index contributed by atoms with van der Waals surface area (Å²) in [5.74, 6) is -0.297. The first-order valence-electron chi connectivity index (χ1n) is 6.98. The molecule has 6 nitrogen and oxygen atoms in total. The molecule has 0 unspecified atom stereocenters. The number of hydrogen-bond donors (Lipinski definition) is 1. The number of anilines is 1. The largest absolute Gasteiger partial charge is 0.319 e. The number of likely N-dealkylation sites (N-methyl/N-ethyl adjacent to an activating group) is 1. The summed E-state index contributed by atoms with van der Waals surface area (Å²) >= 11 is 7.39. The molecule has 2 rings (SSSR count). The summed E-state index contributed by atoms with van der Waals surface area (Å²) in [5, 5.41) is 15.9. The Balaban J connectivity index is 2.02. The number of amides is 1. The predicted octanol–water partition coefficient (Wildman–Crippen LogP) is 3.77. The molecule has 2 aromatic rings. The molecule has 0 aliphatic carbocycles. The number of carbonyl (C=O) groups excluding carboxylic acids is 1. The van der Waals surface area contributed by atoms with Gasteiger partial charge in [-0.3, -0.25) is 19.8 Å². The van der Waals surface area contributed by atoms with E-state index < -0.39 is 4.92 Å². The van der Waals surface area contributed by atoms with Gasteiger partial charge in [0.25, 0.3) is 5.69 Å². The van der Waals surface area contributed by atoms with E-state index >= 15 is 0 Å². The van der Waals surface area contributed by atoms with Gasteiger partial charge in [-0.1, -0.05) is 24.6 Å². The van der Waals surface area contributed by atoms with E-state index in [4.69, 9.17) is 11.6 Å². The first kappa shape index (κ1) is 17.4. The number of carbonyl (C=O) groups is 1. The Morgan fingerprint density at radius 2 is 2.22 bits per heavy atom. The fraction of sp³-hybridized carbons (Fsp3) is 0.267. The molecule has 23 heavy (non-hydrogen) atoms. The summed E-state index contributed by atoms with van der Waals surface area (Å²) in [4.78, 5) is 25.8. The average Bonchev–Trinajstić information content (AvgIpc) is 3.01. The van der Waals surface area contributed by atoms with Crippen molar-refractivity contribution in [1.82, 2.24) is 4.90 Å². The van der Waals surface area contributed by atoms with Gasteiger partial charge >= 0.3 is 0 Å². The van der Waals surface area contributed by atoms with Crippen LogP contribution >= 0.6 is 22.9 Å². The van der Waals surface area contributed by atoms with Crippen LogP contribution in [-0.2, 0) is 11.3 Å². The predicted molar refractivity (Wildman–Crippen MR) is 92.0 cm³/mol. The van der Waals surface area contributed by atoms with Gasteiger partial charge in [0.1, 0.15) is 5.69 Å². The zero-order valence-electron chi connectivity index (χ0n) is 12.5. The summed E-state index contributed by atoms with van der Waals surface area (Å²) in [6.45, 7) is 3.50. The van der Waals surface area contributed by atoms with Gasteiger partial charge in [-0.15, -0.1) is 11.3 Å². The lowest BCUT2D eigenvalue weighted by molar-refractivity contribution is -0.383. The molecule has 0 fully saturated rings. The first-order chi connectivity index (χ1) is 11.0. The third kappa shape index (κ3) is 5.02. The minimum absolute atomic E-state index is 0.150. The molecule has 0 aliphatic heterocycles. The quantitative estimate of drug-likeness (QED) is 0.607. The molecule has 0 saturated carbocycles. The maximum absolute atomic E-state index is 12.2. The van der Waals surface area contributed by atoms with E-state index in [0.29, 0.717) is 13.1 Å². The maximum atomic E-state index is 12.2. The van der Waals surface area contributed by atoms with E-state index in [0.717, 1.165) is 4.88 Å². The van der Waals surface area contributed by atoms with E-state index in [-0.39, 0.29) is 28.8 Å². The SMILES string of the molecule is CCN(CC(=O)Nc1ccc(Cl)cc1[N+](=O)[O-])Cc1cccs1. The van der Waals surface area contributed by atoms with Crippen molar-refractivity contribution in [2.24, 2.45) is 0 Å². The number of nitro benzene ring substituents is 1. The van der Waals surface area contributed by atoms with Gasteiger partial charge in [-0.2, -0.15) is 0 Å². The zero-order chi connectivity index (χ0) is 16.8. The molecule has 1 heterocycles. The number of benzene rings is 1. The van der Waals surface area contributed by atoms with Crippen molar-refractivity contribution in [3.05, 3.63) is 55.7 Å². The summed E-state index contributed by atoms with van der Waals surface area (Å²) in [5.41, 5.74) is -0.0660. The lowest BCUT2D eigenvalue weighted by atomic mass is 10.2. The van der Waals surface area contributed by atoms with Crippen LogP contribution in [0.4, 0.5) is 11.4 Å². The lowest BCUT2D eigenvalue weighted by Crippen LogP contribution is -2.32. The topological polar surface area (TPSA) is 75.5 Å². The van der Waals surface area contributed by atoms with Crippen molar-refractivity contribution >= 4 is 40.2 Å². The number of rotatable bonds is 7. The highest BCUT2D eigenvalue weighted by Crippen LogP contribution is 2.27. The summed E-state index contributed by atoms with van der Waals surface area (Å²) in [6.07, 6.45) is 0. The molecule has 1 amide bonds. The van der Waals surface area contributed by atoms with Gasteiger partial charge in [0, 0.05) is 22.5 Å². The van der Waals surface area contributed by atoms with Crippen LogP contribution in [0.3, 0.4) is 0 Å². The summed E-state index contributed by atoms with van der Waals surface area (Å²) < 4.78 is 0. The zero-order valence-corrected chi connectivity index (χ0v) is 14.1. The molecule has 0 saturated heterocycles. The average molecular weight is 354 g/mol. The highest BCUT2D eigenvalue weighted by Gasteiger charge is 2.18. The Labute approximate surface area is 142 Å². The Morgan fingerprint density at radius 1 is 1.43 bits per heavy atom. The Hall–Kier alpha value is -1.96. The Bertz CT molecular complexity index is 691. The highest BCUT2D eigenvalue weighted by atomic mass is 35.5. The normalized spacial score (nSPS) is 10.7. The molecule has 1 aromatic heterocycles. The Kier molecular flexibility index (Phi) is 6.09. The van der Waals surface area contributed by atoms with E-state index in [1.54, 1.807) is 11.3 Å². The summed E-state index contributed by atoms with van der Waals surface area (Å²) in [6, 6.07) is 8.14. The third-order valence-corrected chi connectivity index (χ3v) is 4.30. The van der Waals surface area contributed by atoms with Gasteiger partial charge in [0.05, 0.1) is 11.5 Å². The van der Waals surface area contributed by atoms with Crippen LogP contribution in [0.5, 0.6) is 0 Å². The highest BCUT2D eigenvalue weighted by molar-refractivity contribution is 7.09. The second kappa shape index (κ2) is 8.05. The summed E-state index contributed by atoms with van der Waals surface area (Å²) in [7, 11) is 0. The molecule has 0 aliphatic rings. The fourth-order valence-corrected chi connectivity index (χ4v) is 2.97. The Morgan fingerprint density at radius 3 is 2.83 bits per heavy atom. The smallest absolute Gasteiger partial charge is 0.294 e. The third-order valence-electron chi connectivity index (χ3n) is 3.20. The number of nitrogens with zero attached hydrogens (tertiary/aromatic N) is 2. The number of nitrogens with one attached hydrogen (secondary N) is 1. The van der Waals surface area contributed by atoms with Crippen LogP contribution in [0.15, 0.2) is 35.7 Å². The van der Waals surface area contributed by atoms with Gasteiger partial charge < -0.3 is 5.32 Å². The van der Waals surface area contributed by atoms with Crippen LogP contribution in [0.25, 0.3) is 0 Å². The van der Waals surface area contributed by atoms with Crippen molar-refractivity contribution in [1.29, 1.82) is 0 Å². The lowest BCUT2D eigenvalue weighted by Gasteiger charge is -2.19. The molecule has 0 atom stereocenters. The van der Waals surface area contributed by atoms with Crippen LogP contribution < -0.4 is 5.32 Å². The fourth-order valence-electron chi connectivity index (χ4n) is 2.06. The van der Waals surface area contributed by atoms with E-state index in [9.17, 15) is 14.9 Å². The number of thiophene rings is 1. The minimum atomic E-state index is -0.565. The van der Waals surface area contributed by atoms with Crippen molar-refractivity contribution < 1.29 is 9.72 Å². The first-order valence-corrected chi connectivity index (χ1v) is 8.24. The van der Waals surface area contributed by atoms with Crippen LogP contribution in [0.2, 0.25) is 5.02 Å². The van der Waals surface area contributed by atoms with E-state index in [1.165, 1.54) is 18.2 Å². The monoisotopic (exact) mass is 353 g/mol. The molecule has 1 aromatic carbocycles. The maximum Gasteiger partial charge on any atom is 0.294 e. The number of halogens is 1. The molecule has 0 radical (unpaired) electrons. The number of hydrogen-bond acceptors (Lipinski definition) is 5. The van der Waals surface area contributed by atoms with Crippen LogP contribution in [0, 0.1) is 10.1 Å². The number of nitro groups is 1. The van der Waals surface area contributed by atoms with Crippen molar-refractivity contribution in [3.8, 4) is 0 Å². The van der Waals surface area contributed by atoms with E-state index in [2.05, 4.69) is 5.32 Å². The molecule has 1 N–H and O–H groups in total. The van der Waals surface area contributed by atoms with Gasteiger partial charge in [0.15, 0.2) is 0 Å². The second-order valence-electron chi connectivity index (χ2n) is 4.85. The molecule has 0 spiro atoms. The van der Waals surface area contributed by atoms with Gasteiger partial charge in [0.2, 0.25) is 5.91 Å².